The van der Waals surface area contributed by atoms with E-state index in [1.807, 2.05) is 12.1 Å². The molecule has 1 saturated heterocycles. The summed E-state index contributed by atoms with van der Waals surface area (Å²) >= 11 is 6.21. The number of hydrogen-bond acceptors (Lipinski definition) is 8. The minimum absolute atomic E-state index is 0.229. The Morgan fingerprint density at radius 1 is 1.22 bits per heavy atom. The minimum Gasteiger partial charge on any atom is -0.491 e. The molecule has 7 nitrogen and oxygen atoms in total. The molecule has 0 spiro atoms. The summed E-state index contributed by atoms with van der Waals surface area (Å²) in [5.41, 5.74) is 2.16. The molecule has 136 valence electrons. The highest BCUT2D eigenvalue weighted by atomic mass is 32.2. The van der Waals surface area contributed by atoms with Gasteiger partial charge in [0.05, 0.1) is 19.1 Å². The number of thioether (sulfide) groups is 1. The first-order valence-electron chi connectivity index (χ1n) is 7.80. The molecule has 9 heteroatoms. The maximum atomic E-state index is 11.8. The number of ether oxygens (including phenoxy) is 2. The van der Waals surface area contributed by atoms with Gasteiger partial charge >= 0.3 is 0 Å². The summed E-state index contributed by atoms with van der Waals surface area (Å²) in [5.74, 6) is 1.21. The number of fused-ring (bicyclic) bond motifs is 1. The quantitative estimate of drug-likeness (QED) is 0.528. The number of nitrogens with zero attached hydrogens (tertiary/aromatic N) is 2. The Kier molecular flexibility index (Phi) is 4.54. The SMILES string of the molecule is COc1cc(-c2cncc3cc(/C=C4/SC(=S)NC4=O)oc23)cnc1OC. The number of aromatic nitrogens is 2. The van der Waals surface area contributed by atoms with Gasteiger partial charge in [0.1, 0.15) is 15.7 Å². The second-order valence-electron chi connectivity index (χ2n) is 5.54. The van der Waals surface area contributed by atoms with Gasteiger partial charge in [0, 0.05) is 41.2 Å². The van der Waals surface area contributed by atoms with Crippen molar-refractivity contribution in [3.63, 3.8) is 0 Å². The summed E-state index contributed by atoms with van der Waals surface area (Å²) in [6.07, 6.45) is 6.72. The van der Waals surface area contributed by atoms with Gasteiger partial charge in [-0.1, -0.05) is 24.0 Å². The molecular formula is C18H13N3O4S2. The van der Waals surface area contributed by atoms with Gasteiger partial charge in [-0.3, -0.25) is 9.78 Å². The van der Waals surface area contributed by atoms with Crippen molar-refractivity contribution in [1.29, 1.82) is 0 Å². The van der Waals surface area contributed by atoms with Gasteiger partial charge in [-0.25, -0.2) is 4.98 Å². The van der Waals surface area contributed by atoms with Crippen LogP contribution in [0.3, 0.4) is 0 Å². The van der Waals surface area contributed by atoms with Crippen molar-refractivity contribution in [2.45, 2.75) is 0 Å². The van der Waals surface area contributed by atoms with Crippen molar-refractivity contribution >= 4 is 51.3 Å². The van der Waals surface area contributed by atoms with E-state index in [2.05, 4.69) is 15.3 Å². The fraction of sp³-hybridized carbons (Fsp3) is 0.111. The third-order valence-electron chi connectivity index (χ3n) is 3.90. The highest BCUT2D eigenvalue weighted by Crippen LogP contribution is 2.35. The van der Waals surface area contributed by atoms with E-state index in [0.717, 1.165) is 16.5 Å². The highest BCUT2D eigenvalue weighted by molar-refractivity contribution is 8.26. The van der Waals surface area contributed by atoms with E-state index >= 15 is 0 Å². The predicted octanol–water partition coefficient (Wildman–Crippen LogP) is 3.40. The number of carbonyl (C=O) groups is 1. The third kappa shape index (κ3) is 3.26. The number of thiocarbonyl (C=S) groups is 1. The molecule has 1 amide bonds. The summed E-state index contributed by atoms with van der Waals surface area (Å²) in [6.45, 7) is 0. The van der Waals surface area contributed by atoms with Crippen molar-refractivity contribution in [3.8, 4) is 22.8 Å². The van der Waals surface area contributed by atoms with Crippen LogP contribution >= 0.6 is 24.0 Å². The van der Waals surface area contributed by atoms with Crippen LogP contribution in [0.1, 0.15) is 5.76 Å². The van der Waals surface area contributed by atoms with E-state index in [9.17, 15) is 4.79 Å². The monoisotopic (exact) mass is 399 g/mol. The minimum atomic E-state index is -0.229. The van der Waals surface area contributed by atoms with Crippen molar-refractivity contribution < 1.29 is 18.7 Å². The molecule has 3 aromatic rings. The second kappa shape index (κ2) is 7.01. The van der Waals surface area contributed by atoms with Gasteiger partial charge in [-0.2, -0.15) is 0 Å². The molecule has 3 aromatic heterocycles. The molecule has 0 aliphatic carbocycles. The molecule has 0 unspecified atom stereocenters. The van der Waals surface area contributed by atoms with Gasteiger partial charge in [0.25, 0.3) is 11.8 Å². The molecule has 0 radical (unpaired) electrons. The zero-order valence-electron chi connectivity index (χ0n) is 14.3. The lowest BCUT2D eigenvalue weighted by atomic mass is 10.1. The molecule has 0 atom stereocenters. The number of pyridine rings is 2. The van der Waals surface area contributed by atoms with Crippen molar-refractivity contribution in [2.24, 2.45) is 0 Å². The average molecular weight is 399 g/mol. The van der Waals surface area contributed by atoms with Gasteiger partial charge in [0.15, 0.2) is 5.75 Å². The molecular weight excluding hydrogens is 386 g/mol. The van der Waals surface area contributed by atoms with Crippen LogP contribution in [-0.4, -0.2) is 34.4 Å². The molecule has 27 heavy (non-hydrogen) atoms. The third-order valence-corrected chi connectivity index (χ3v) is 5.06. The lowest BCUT2D eigenvalue weighted by Gasteiger charge is -2.08. The van der Waals surface area contributed by atoms with E-state index in [-0.39, 0.29) is 5.91 Å². The Morgan fingerprint density at radius 2 is 2.07 bits per heavy atom. The topological polar surface area (TPSA) is 86.5 Å². The van der Waals surface area contributed by atoms with Crippen LogP contribution in [0, 0.1) is 0 Å². The Labute approximate surface area is 163 Å². The van der Waals surface area contributed by atoms with Crippen molar-refractivity contribution in [3.05, 3.63) is 41.4 Å². The van der Waals surface area contributed by atoms with Crippen LogP contribution in [-0.2, 0) is 4.79 Å². The number of carbonyl (C=O) groups excluding carboxylic acids is 1. The molecule has 1 N–H and O–H groups in total. The number of furan rings is 1. The smallest absolute Gasteiger partial charge is 0.263 e. The molecule has 1 aliphatic rings. The van der Waals surface area contributed by atoms with Crippen LogP contribution < -0.4 is 14.8 Å². The summed E-state index contributed by atoms with van der Waals surface area (Å²) in [6, 6.07) is 3.63. The molecule has 4 heterocycles. The van der Waals surface area contributed by atoms with E-state index in [1.165, 1.54) is 18.9 Å². The van der Waals surface area contributed by atoms with E-state index in [1.54, 1.807) is 31.8 Å². The first-order valence-corrected chi connectivity index (χ1v) is 9.02. The van der Waals surface area contributed by atoms with Gasteiger partial charge in [-0.05, 0) is 12.1 Å². The maximum Gasteiger partial charge on any atom is 0.263 e. The standard InChI is InChI=1S/C18H13N3O4S2/c1-23-13-4-9(7-20-17(13)24-2)12-8-19-6-10-3-11(25-15(10)12)5-14-16(22)21-18(26)27-14/h3-8H,1-2H3,(H,21,22,26)/b14-5+. The van der Waals surface area contributed by atoms with E-state index in [4.69, 9.17) is 26.1 Å². The van der Waals surface area contributed by atoms with Crippen LogP contribution in [0.15, 0.2) is 40.0 Å². The lowest BCUT2D eigenvalue weighted by Crippen LogP contribution is -2.17. The molecule has 4 rings (SSSR count). The molecule has 0 saturated carbocycles. The molecule has 0 aromatic carbocycles. The summed E-state index contributed by atoms with van der Waals surface area (Å²) < 4.78 is 16.9. The first-order chi connectivity index (χ1) is 13.1. The number of hydrogen-bond donors (Lipinski definition) is 1. The number of rotatable bonds is 4. The number of nitrogens with one attached hydrogen (secondary N) is 1. The Bertz CT molecular complexity index is 1110. The summed E-state index contributed by atoms with van der Waals surface area (Å²) in [7, 11) is 3.08. The zero-order valence-corrected chi connectivity index (χ0v) is 15.9. The fourth-order valence-corrected chi connectivity index (χ4v) is 3.71. The number of methoxy groups -OCH3 is 2. The molecule has 1 aliphatic heterocycles. The van der Waals surface area contributed by atoms with Crippen LogP contribution in [0.25, 0.3) is 28.2 Å². The zero-order chi connectivity index (χ0) is 19.0. The van der Waals surface area contributed by atoms with Crippen LogP contribution in [0.5, 0.6) is 11.6 Å². The Balaban J connectivity index is 1.79. The lowest BCUT2D eigenvalue weighted by molar-refractivity contribution is -0.115. The van der Waals surface area contributed by atoms with E-state index < -0.39 is 0 Å². The van der Waals surface area contributed by atoms with Gasteiger partial charge in [-0.15, -0.1) is 0 Å². The highest BCUT2D eigenvalue weighted by Gasteiger charge is 2.23. The van der Waals surface area contributed by atoms with Crippen LogP contribution in [0.2, 0.25) is 0 Å². The Morgan fingerprint density at radius 3 is 2.78 bits per heavy atom. The maximum absolute atomic E-state index is 11.8. The second-order valence-corrected chi connectivity index (χ2v) is 7.26. The molecule has 1 fully saturated rings. The van der Waals surface area contributed by atoms with E-state index in [0.29, 0.717) is 32.2 Å². The Hall–Kier alpha value is -2.91. The van der Waals surface area contributed by atoms with Gasteiger partial charge in [0.2, 0.25) is 0 Å². The largest absolute Gasteiger partial charge is 0.491 e. The average Bonchev–Trinajstić information content (AvgIpc) is 3.22. The summed E-state index contributed by atoms with van der Waals surface area (Å²) in [4.78, 5) is 20.9. The van der Waals surface area contributed by atoms with Crippen molar-refractivity contribution in [2.75, 3.05) is 14.2 Å². The molecule has 0 bridgehead atoms. The summed E-state index contributed by atoms with van der Waals surface area (Å²) in [5, 5.41) is 3.39. The fourth-order valence-electron chi connectivity index (χ4n) is 2.69. The predicted molar refractivity (Wildman–Crippen MR) is 107 cm³/mol. The van der Waals surface area contributed by atoms with Crippen LogP contribution in [0.4, 0.5) is 0 Å². The first kappa shape index (κ1) is 17.5. The van der Waals surface area contributed by atoms with Gasteiger partial charge < -0.3 is 19.2 Å². The number of amides is 1. The van der Waals surface area contributed by atoms with Crippen molar-refractivity contribution in [1.82, 2.24) is 15.3 Å². The normalized spacial score (nSPS) is 15.4.